The number of nitrogens with one attached hydrogen (secondary N) is 1. The number of rotatable bonds is 5. The number of benzene rings is 1. The number of amides is 1. The van der Waals surface area contributed by atoms with Gasteiger partial charge in [0.15, 0.2) is 0 Å². The van der Waals surface area contributed by atoms with Crippen LogP contribution >= 0.6 is 0 Å². The van der Waals surface area contributed by atoms with Gasteiger partial charge in [0, 0.05) is 44.5 Å². The van der Waals surface area contributed by atoms with E-state index in [1.807, 2.05) is 24.3 Å². The second-order valence-electron chi connectivity index (χ2n) is 8.22. The van der Waals surface area contributed by atoms with Crippen molar-refractivity contribution in [3.05, 3.63) is 47.8 Å². The third-order valence-electron chi connectivity index (χ3n) is 5.86. The average Bonchev–Trinajstić information content (AvgIpc) is 3.17. The number of hydrogen-bond donors (Lipinski definition) is 1. The van der Waals surface area contributed by atoms with E-state index in [1.54, 1.807) is 29.2 Å². The van der Waals surface area contributed by atoms with Crippen molar-refractivity contribution in [3.63, 3.8) is 0 Å². The molecule has 4 rings (SSSR count). The molecule has 1 spiro atoms. The van der Waals surface area contributed by atoms with Crippen LogP contribution in [-0.4, -0.2) is 58.6 Å². The lowest BCUT2D eigenvalue weighted by molar-refractivity contribution is -0.170. The van der Waals surface area contributed by atoms with E-state index in [9.17, 15) is 13.6 Å². The topological polar surface area (TPSA) is 61.5 Å². The summed E-state index contributed by atoms with van der Waals surface area (Å²) in [5.41, 5.74) is 0.666. The number of likely N-dealkylation sites (tertiary alicyclic amines) is 2. The molecule has 1 atom stereocenters. The largest absolute Gasteiger partial charge is 0.497 e. The number of alkyl halides is 2. The molecule has 2 aliphatic rings. The fraction of sp³-hybridized carbons (Fsp3) is 0.524. The van der Waals surface area contributed by atoms with Crippen LogP contribution in [0.25, 0.3) is 0 Å². The molecule has 29 heavy (non-hydrogen) atoms. The summed E-state index contributed by atoms with van der Waals surface area (Å²) in [7, 11) is 1.60. The number of aromatic nitrogens is 2. The van der Waals surface area contributed by atoms with E-state index in [-0.39, 0.29) is 18.9 Å². The predicted molar refractivity (Wildman–Crippen MR) is 104 cm³/mol. The predicted octanol–water partition coefficient (Wildman–Crippen LogP) is 3.07. The summed E-state index contributed by atoms with van der Waals surface area (Å²) >= 11 is 0. The number of piperidine rings is 2. The van der Waals surface area contributed by atoms with E-state index in [2.05, 4.69) is 10.2 Å². The quantitative estimate of drug-likeness (QED) is 0.832. The van der Waals surface area contributed by atoms with Crippen LogP contribution in [0.4, 0.5) is 8.78 Å². The lowest BCUT2D eigenvalue weighted by Crippen LogP contribution is -2.60. The Morgan fingerprint density at radius 2 is 2.10 bits per heavy atom. The van der Waals surface area contributed by atoms with Crippen molar-refractivity contribution in [1.82, 2.24) is 20.0 Å². The van der Waals surface area contributed by atoms with Crippen molar-refractivity contribution in [2.24, 2.45) is 5.41 Å². The molecule has 1 amide bonds. The number of halogens is 2. The average molecular weight is 404 g/mol. The molecule has 1 N–H and O–H groups in total. The Morgan fingerprint density at radius 1 is 1.24 bits per heavy atom. The van der Waals surface area contributed by atoms with Crippen LogP contribution in [0.15, 0.2) is 36.5 Å². The SMILES string of the molecule is COc1cccc(CN2CCC[C@]3(CN(Cc4ccn[nH]4)CC(F)(F)C3)C2=O)c1. The number of methoxy groups -OCH3 is 1. The lowest BCUT2D eigenvalue weighted by atomic mass is 9.71. The molecule has 1 aromatic carbocycles. The second kappa shape index (κ2) is 7.74. The first-order valence-electron chi connectivity index (χ1n) is 9.90. The van der Waals surface area contributed by atoms with E-state index < -0.39 is 11.3 Å². The van der Waals surface area contributed by atoms with Gasteiger partial charge in [-0.25, -0.2) is 8.78 Å². The van der Waals surface area contributed by atoms with Gasteiger partial charge in [-0.3, -0.25) is 14.8 Å². The van der Waals surface area contributed by atoms with E-state index in [4.69, 9.17) is 4.74 Å². The first kappa shape index (κ1) is 19.8. The van der Waals surface area contributed by atoms with Crippen LogP contribution in [0.1, 0.15) is 30.5 Å². The number of ether oxygens (including phenoxy) is 1. The molecule has 2 fully saturated rings. The van der Waals surface area contributed by atoms with Gasteiger partial charge in [-0.2, -0.15) is 5.10 Å². The highest BCUT2D eigenvalue weighted by Gasteiger charge is 2.55. The van der Waals surface area contributed by atoms with Crippen molar-refractivity contribution in [2.45, 2.75) is 38.3 Å². The van der Waals surface area contributed by atoms with E-state index in [1.165, 1.54) is 0 Å². The third kappa shape index (κ3) is 4.27. The van der Waals surface area contributed by atoms with E-state index in [0.29, 0.717) is 32.6 Å². The molecule has 156 valence electrons. The number of hydrogen-bond acceptors (Lipinski definition) is 4. The maximum Gasteiger partial charge on any atom is 0.261 e. The summed E-state index contributed by atoms with van der Waals surface area (Å²) in [4.78, 5) is 16.8. The van der Waals surface area contributed by atoms with Crippen LogP contribution in [0.3, 0.4) is 0 Å². The maximum absolute atomic E-state index is 14.7. The summed E-state index contributed by atoms with van der Waals surface area (Å²) in [6.07, 6.45) is 2.45. The maximum atomic E-state index is 14.7. The van der Waals surface area contributed by atoms with Gasteiger partial charge in [0.1, 0.15) is 5.75 Å². The van der Waals surface area contributed by atoms with Gasteiger partial charge in [0.2, 0.25) is 5.91 Å². The van der Waals surface area contributed by atoms with Gasteiger partial charge in [-0.15, -0.1) is 0 Å². The number of nitrogens with zero attached hydrogens (tertiary/aromatic N) is 3. The number of H-pyrrole nitrogens is 1. The van der Waals surface area contributed by atoms with Gasteiger partial charge < -0.3 is 9.64 Å². The summed E-state index contributed by atoms with van der Waals surface area (Å²) in [6, 6.07) is 9.31. The summed E-state index contributed by atoms with van der Waals surface area (Å²) in [5.74, 6) is -2.34. The van der Waals surface area contributed by atoms with Gasteiger partial charge in [0.05, 0.1) is 19.1 Å². The molecule has 0 bridgehead atoms. The zero-order chi connectivity index (χ0) is 20.5. The van der Waals surface area contributed by atoms with Crippen LogP contribution in [0.5, 0.6) is 5.75 Å². The van der Waals surface area contributed by atoms with Crippen LogP contribution < -0.4 is 4.74 Å². The molecule has 2 saturated heterocycles. The molecule has 2 aliphatic heterocycles. The first-order valence-corrected chi connectivity index (χ1v) is 9.90. The Morgan fingerprint density at radius 3 is 2.86 bits per heavy atom. The highest BCUT2D eigenvalue weighted by molar-refractivity contribution is 5.84. The molecular formula is C21H26F2N4O2. The number of aromatic amines is 1. The Kier molecular flexibility index (Phi) is 5.29. The van der Waals surface area contributed by atoms with E-state index >= 15 is 0 Å². The van der Waals surface area contributed by atoms with Crippen LogP contribution in [-0.2, 0) is 17.9 Å². The Labute approximate surface area is 168 Å². The minimum atomic E-state index is -2.90. The summed E-state index contributed by atoms with van der Waals surface area (Å²) < 4.78 is 34.6. The molecular weight excluding hydrogens is 378 g/mol. The fourth-order valence-corrected chi connectivity index (χ4v) is 4.75. The highest BCUT2D eigenvalue weighted by Crippen LogP contribution is 2.45. The summed E-state index contributed by atoms with van der Waals surface area (Å²) in [6.45, 7) is 1.33. The molecule has 2 aromatic rings. The van der Waals surface area contributed by atoms with Crippen molar-refractivity contribution < 1.29 is 18.3 Å². The molecule has 0 radical (unpaired) electrons. The summed E-state index contributed by atoms with van der Waals surface area (Å²) in [5, 5.41) is 6.71. The fourth-order valence-electron chi connectivity index (χ4n) is 4.75. The monoisotopic (exact) mass is 404 g/mol. The van der Waals surface area contributed by atoms with Crippen molar-refractivity contribution >= 4 is 5.91 Å². The lowest BCUT2D eigenvalue weighted by Gasteiger charge is -2.49. The van der Waals surface area contributed by atoms with Gasteiger partial charge in [-0.1, -0.05) is 12.1 Å². The minimum Gasteiger partial charge on any atom is -0.497 e. The molecule has 6 nitrogen and oxygen atoms in total. The molecule has 0 saturated carbocycles. The van der Waals surface area contributed by atoms with Crippen molar-refractivity contribution in [1.29, 1.82) is 0 Å². The Bertz CT molecular complexity index is 858. The Hall–Kier alpha value is -2.48. The first-order chi connectivity index (χ1) is 13.9. The van der Waals surface area contributed by atoms with Crippen molar-refractivity contribution in [2.75, 3.05) is 26.7 Å². The zero-order valence-corrected chi connectivity index (χ0v) is 16.5. The van der Waals surface area contributed by atoms with Crippen LogP contribution in [0.2, 0.25) is 0 Å². The molecule has 1 aromatic heterocycles. The third-order valence-corrected chi connectivity index (χ3v) is 5.86. The minimum absolute atomic E-state index is 0.166. The molecule has 0 aliphatic carbocycles. The van der Waals surface area contributed by atoms with Crippen LogP contribution in [0, 0.1) is 5.41 Å². The molecule has 0 unspecified atom stereocenters. The smallest absolute Gasteiger partial charge is 0.261 e. The zero-order valence-electron chi connectivity index (χ0n) is 16.5. The van der Waals surface area contributed by atoms with Gasteiger partial charge in [-0.05, 0) is 36.6 Å². The second-order valence-corrected chi connectivity index (χ2v) is 8.22. The van der Waals surface area contributed by atoms with E-state index in [0.717, 1.165) is 23.4 Å². The number of carbonyl (C=O) groups excluding carboxylic acids is 1. The van der Waals surface area contributed by atoms with Gasteiger partial charge >= 0.3 is 0 Å². The number of carbonyl (C=O) groups is 1. The molecule has 3 heterocycles. The van der Waals surface area contributed by atoms with Gasteiger partial charge in [0.25, 0.3) is 5.92 Å². The standard InChI is InChI=1S/C21H26F2N4O2/c1-29-18-5-2-4-16(10-18)11-27-9-3-7-20(19(27)28)13-21(22,23)15-26(14-20)12-17-6-8-24-25-17/h2,4-6,8,10H,3,7,9,11-15H2,1H3,(H,24,25)/t20-/m0/s1. The van der Waals surface area contributed by atoms with Crippen molar-refractivity contribution in [3.8, 4) is 5.75 Å². The highest BCUT2D eigenvalue weighted by atomic mass is 19.3. The normalized spacial score (nSPS) is 24.8. The Balaban J connectivity index is 1.54. The molecule has 8 heteroatoms.